The van der Waals surface area contributed by atoms with Gasteiger partial charge in [-0.25, -0.2) is 4.98 Å². The summed E-state index contributed by atoms with van der Waals surface area (Å²) in [7, 11) is 0. The molecule has 1 heterocycles. The summed E-state index contributed by atoms with van der Waals surface area (Å²) in [4.78, 5) is 17.5. The standard InChI is InChI=1S/C23H29NO2/c1-4-5-15-11-21(25)23(3)9-8-16-17(22(15)23)7-6-14-10-20-19(12-18(14)16)24-13(2)26-20/h10,12,15-17,22H,4-9,11H2,1-3H3. The van der Waals surface area contributed by atoms with Crippen molar-refractivity contribution in [1.29, 1.82) is 0 Å². The van der Waals surface area contributed by atoms with Crippen molar-refractivity contribution in [2.24, 2.45) is 23.2 Å². The van der Waals surface area contributed by atoms with E-state index in [2.05, 4.69) is 31.0 Å². The zero-order chi connectivity index (χ0) is 18.1. The van der Waals surface area contributed by atoms with Crippen LogP contribution in [0.2, 0.25) is 0 Å². The molecule has 3 aliphatic carbocycles. The number of oxazole rings is 1. The maximum absolute atomic E-state index is 12.9. The molecule has 0 aliphatic heterocycles. The van der Waals surface area contributed by atoms with Crippen LogP contribution in [-0.4, -0.2) is 10.8 Å². The monoisotopic (exact) mass is 351 g/mol. The van der Waals surface area contributed by atoms with Crippen molar-refractivity contribution in [3.63, 3.8) is 0 Å². The largest absolute Gasteiger partial charge is 0.441 e. The summed E-state index contributed by atoms with van der Waals surface area (Å²) in [5.41, 5.74) is 4.82. The summed E-state index contributed by atoms with van der Waals surface area (Å²) in [6.45, 7) is 6.47. The molecule has 1 aromatic heterocycles. The quantitative estimate of drug-likeness (QED) is 0.708. The molecule has 2 fully saturated rings. The second-order valence-corrected chi connectivity index (χ2v) is 9.22. The smallest absolute Gasteiger partial charge is 0.192 e. The van der Waals surface area contributed by atoms with E-state index in [1.54, 1.807) is 0 Å². The number of ketones is 1. The first kappa shape index (κ1) is 16.5. The lowest BCUT2D eigenvalue weighted by atomic mass is 9.54. The van der Waals surface area contributed by atoms with E-state index in [9.17, 15) is 4.79 Å². The summed E-state index contributed by atoms with van der Waals surface area (Å²) >= 11 is 0. The normalized spacial score (nSPS) is 36.0. The Morgan fingerprint density at radius 1 is 1.31 bits per heavy atom. The molecule has 5 unspecified atom stereocenters. The molecule has 2 aromatic rings. The van der Waals surface area contributed by atoms with E-state index in [1.165, 1.54) is 30.4 Å². The van der Waals surface area contributed by atoms with Gasteiger partial charge in [0.15, 0.2) is 11.5 Å². The lowest BCUT2D eigenvalue weighted by Crippen LogP contribution is -2.44. The van der Waals surface area contributed by atoms with Crippen molar-refractivity contribution in [2.75, 3.05) is 0 Å². The predicted molar refractivity (Wildman–Crippen MR) is 102 cm³/mol. The van der Waals surface area contributed by atoms with Crippen LogP contribution in [0.5, 0.6) is 0 Å². The van der Waals surface area contributed by atoms with Gasteiger partial charge in [-0.2, -0.15) is 0 Å². The van der Waals surface area contributed by atoms with E-state index in [-0.39, 0.29) is 5.41 Å². The van der Waals surface area contributed by atoms with Gasteiger partial charge in [-0.1, -0.05) is 20.3 Å². The highest BCUT2D eigenvalue weighted by molar-refractivity contribution is 5.87. The van der Waals surface area contributed by atoms with Gasteiger partial charge in [0.1, 0.15) is 11.3 Å². The summed E-state index contributed by atoms with van der Waals surface area (Å²) in [5, 5.41) is 0. The average Bonchev–Trinajstić information content (AvgIpc) is 3.09. The predicted octanol–water partition coefficient (Wildman–Crippen LogP) is 5.59. The molecule has 0 bridgehead atoms. The molecule has 0 saturated heterocycles. The first-order chi connectivity index (χ1) is 12.5. The Hall–Kier alpha value is -1.64. The molecule has 1 aromatic carbocycles. The van der Waals surface area contributed by atoms with Crippen LogP contribution in [-0.2, 0) is 11.2 Å². The van der Waals surface area contributed by atoms with E-state index in [0.29, 0.717) is 29.5 Å². The number of aryl methyl sites for hydroxylation is 2. The fourth-order valence-electron chi connectivity index (χ4n) is 6.80. The minimum absolute atomic E-state index is 0.0624. The average molecular weight is 351 g/mol. The maximum Gasteiger partial charge on any atom is 0.192 e. The van der Waals surface area contributed by atoms with Crippen molar-refractivity contribution in [2.45, 2.75) is 71.6 Å². The fourth-order valence-corrected chi connectivity index (χ4v) is 6.80. The number of rotatable bonds is 2. The molecule has 26 heavy (non-hydrogen) atoms. The third-order valence-electron chi connectivity index (χ3n) is 7.84. The molecule has 138 valence electrons. The van der Waals surface area contributed by atoms with Gasteiger partial charge in [0, 0.05) is 18.8 Å². The van der Waals surface area contributed by atoms with Gasteiger partial charge in [-0.05, 0) is 79.0 Å². The van der Waals surface area contributed by atoms with E-state index in [1.807, 2.05) is 6.92 Å². The van der Waals surface area contributed by atoms with Crippen molar-refractivity contribution in [3.8, 4) is 0 Å². The zero-order valence-electron chi connectivity index (χ0n) is 16.2. The van der Waals surface area contributed by atoms with E-state index in [4.69, 9.17) is 4.42 Å². The second-order valence-electron chi connectivity index (χ2n) is 9.22. The molecule has 0 radical (unpaired) electrons. The molecule has 5 atom stereocenters. The van der Waals surface area contributed by atoms with Gasteiger partial charge in [0.05, 0.1) is 0 Å². The van der Waals surface area contributed by atoms with E-state index >= 15 is 0 Å². The van der Waals surface area contributed by atoms with Gasteiger partial charge in [0.25, 0.3) is 0 Å². The zero-order valence-corrected chi connectivity index (χ0v) is 16.2. The molecule has 3 aliphatic rings. The first-order valence-corrected chi connectivity index (χ1v) is 10.4. The van der Waals surface area contributed by atoms with Crippen molar-refractivity contribution < 1.29 is 9.21 Å². The van der Waals surface area contributed by atoms with Crippen LogP contribution in [0.4, 0.5) is 0 Å². The minimum Gasteiger partial charge on any atom is -0.441 e. The lowest BCUT2D eigenvalue weighted by Gasteiger charge is -2.50. The van der Waals surface area contributed by atoms with Gasteiger partial charge >= 0.3 is 0 Å². The Balaban J connectivity index is 1.57. The second kappa shape index (κ2) is 5.68. The lowest BCUT2D eigenvalue weighted by molar-refractivity contribution is -0.129. The van der Waals surface area contributed by atoms with Gasteiger partial charge in [-0.3, -0.25) is 4.79 Å². The van der Waals surface area contributed by atoms with Crippen LogP contribution in [0.3, 0.4) is 0 Å². The maximum atomic E-state index is 12.9. The Bertz CT molecular complexity index is 882. The van der Waals surface area contributed by atoms with Gasteiger partial charge in [-0.15, -0.1) is 0 Å². The highest BCUT2D eigenvalue weighted by Gasteiger charge is 2.58. The first-order valence-electron chi connectivity index (χ1n) is 10.4. The highest BCUT2D eigenvalue weighted by Crippen LogP contribution is 2.62. The number of hydrogen-bond donors (Lipinski definition) is 0. The summed E-state index contributed by atoms with van der Waals surface area (Å²) in [6.07, 6.45) is 7.79. The van der Waals surface area contributed by atoms with Crippen molar-refractivity contribution in [3.05, 3.63) is 29.2 Å². The van der Waals surface area contributed by atoms with Gasteiger partial charge < -0.3 is 4.42 Å². The van der Waals surface area contributed by atoms with E-state index in [0.717, 1.165) is 42.7 Å². The highest BCUT2D eigenvalue weighted by atomic mass is 16.3. The van der Waals surface area contributed by atoms with Crippen LogP contribution >= 0.6 is 0 Å². The third kappa shape index (κ3) is 2.18. The Morgan fingerprint density at radius 2 is 2.15 bits per heavy atom. The van der Waals surface area contributed by atoms with Crippen LogP contribution in [0.25, 0.3) is 11.1 Å². The number of hydrogen-bond acceptors (Lipinski definition) is 3. The summed E-state index contributed by atoms with van der Waals surface area (Å²) < 4.78 is 5.76. The minimum atomic E-state index is -0.0624. The van der Waals surface area contributed by atoms with Crippen LogP contribution in [0, 0.1) is 30.1 Å². The SMILES string of the molecule is CCCC1CC(=O)C2(C)CCC3c4cc5nc(C)oc5cc4CCC3C12. The summed E-state index contributed by atoms with van der Waals surface area (Å²) in [5.74, 6) is 3.74. The molecule has 0 N–H and O–H groups in total. The Morgan fingerprint density at radius 3 is 2.96 bits per heavy atom. The number of benzene rings is 1. The van der Waals surface area contributed by atoms with E-state index < -0.39 is 0 Å². The number of carbonyl (C=O) groups excluding carboxylic acids is 1. The molecule has 5 rings (SSSR count). The van der Waals surface area contributed by atoms with Gasteiger partial charge in [0.2, 0.25) is 0 Å². The Kier molecular flexibility index (Phi) is 3.61. The topological polar surface area (TPSA) is 43.1 Å². The molecule has 3 nitrogen and oxygen atoms in total. The molecule has 3 heteroatoms. The van der Waals surface area contributed by atoms with Crippen LogP contribution < -0.4 is 0 Å². The number of Topliss-reactive ketones (excluding diaryl/α,β-unsaturated/α-hetero) is 1. The fraction of sp³-hybridized carbons (Fsp3) is 0.652. The molecular formula is C23H29NO2. The molecule has 0 spiro atoms. The summed E-state index contributed by atoms with van der Waals surface area (Å²) in [6, 6.07) is 4.53. The number of aromatic nitrogens is 1. The number of carbonyl (C=O) groups is 1. The molecule has 2 saturated carbocycles. The van der Waals surface area contributed by atoms with Crippen LogP contribution in [0.15, 0.2) is 16.5 Å². The Labute approximate surface area is 155 Å². The number of fused-ring (bicyclic) bond motifs is 6. The van der Waals surface area contributed by atoms with Crippen molar-refractivity contribution >= 4 is 16.9 Å². The number of nitrogens with zero attached hydrogens (tertiary/aromatic N) is 1. The van der Waals surface area contributed by atoms with Crippen LogP contribution in [0.1, 0.15) is 75.3 Å². The molecular weight excluding hydrogens is 322 g/mol. The molecule has 0 amide bonds. The van der Waals surface area contributed by atoms with Crippen molar-refractivity contribution in [1.82, 2.24) is 4.98 Å². The third-order valence-corrected chi connectivity index (χ3v) is 7.84.